The first kappa shape index (κ1) is 25.6. The van der Waals surface area contributed by atoms with Gasteiger partial charge in [-0.2, -0.15) is 0 Å². The standard InChI is InChI=1S/C26H21BrCl2N2O3S/c1-3-31-25(32)24(35-26(31)30-19-7-9-20(33-2)10-8-19)13-16-4-11-23(21(27)12-16)34-15-17-5-6-18(28)14-22(17)29/h4-14H,3,15H2,1-2H3/b24-13+,30-26?. The van der Waals surface area contributed by atoms with Gasteiger partial charge in [-0.1, -0.05) is 35.3 Å². The molecule has 0 bridgehead atoms. The van der Waals surface area contributed by atoms with E-state index < -0.39 is 0 Å². The van der Waals surface area contributed by atoms with Crippen LogP contribution in [0.15, 0.2) is 75.0 Å². The van der Waals surface area contributed by atoms with Crippen LogP contribution in [0, 0.1) is 0 Å². The van der Waals surface area contributed by atoms with Gasteiger partial charge in [0.25, 0.3) is 5.91 Å². The fraction of sp³-hybridized carbons (Fsp3) is 0.154. The third-order valence-corrected chi connectivity index (χ3v) is 7.37. The first-order valence-corrected chi connectivity index (χ1v) is 13.0. The summed E-state index contributed by atoms with van der Waals surface area (Å²) in [5, 5.41) is 1.78. The largest absolute Gasteiger partial charge is 0.497 e. The van der Waals surface area contributed by atoms with Crippen LogP contribution in [-0.4, -0.2) is 29.6 Å². The van der Waals surface area contributed by atoms with Gasteiger partial charge in [-0.05, 0) is 94.8 Å². The van der Waals surface area contributed by atoms with Crippen LogP contribution in [-0.2, 0) is 11.4 Å². The number of thioether (sulfide) groups is 1. The molecule has 5 nitrogen and oxygen atoms in total. The highest BCUT2D eigenvalue weighted by Gasteiger charge is 2.32. The Labute approximate surface area is 226 Å². The van der Waals surface area contributed by atoms with Gasteiger partial charge in [-0.3, -0.25) is 9.69 Å². The molecule has 0 N–H and O–H groups in total. The summed E-state index contributed by atoms with van der Waals surface area (Å²) in [5.41, 5.74) is 2.46. The van der Waals surface area contributed by atoms with E-state index in [0.29, 0.717) is 39.0 Å². The van der Waals surface area contributed by atoms with Crippen molar-refractivity contribution in [3.8, 4) is 11.5 Å². The van der Waals surface area contributed by atoms with Gasteiger partial charge in [0.05, 0.1) is 22.2 Å². The summed E-state index contributed by atoms with van der Waals surface area (Å²) >= 11 is 17.1. The number of halogens is 3. The summed E-state index contributed by atoms with van der Waals surface area (Å²) in [6.07, 6.45) is 1.86. The van der Waals surface area contributed by atoms with Gasteiger partial charge in [-0.25, -0.2) is 4.99 Å². The maximum atomic E-state index is 13.0. The molecule has 3 aromatic rings. The summed E-state index contributed by atoms with van der Waals surface area (Å²) in [6, 6.07) is 18.4. The van der Waals surface area contributed by atoms with Crippen LogP contribution in [0.1, 0.15) is 18.1 Å². The van der Waals surface area contributed by atoms with Crippen LogP contribution >= 0.6 is 50.9 Å². The van der Waals surface area contributed by atoms with Crippen molar-refractivity contribution in [2.24, 2.45) is 4.99 Å². The molecule has 180 valence electrons. The minimum atomic E-state index is -0.0707. The molecule has 3 aromatic carbocycles. The topological polar surface area (TPSA) is 51.1 Å². The molecule has 0 saturated carbocycles. The van der Waals surface area contributed by atoms with Gasteiger partial charge < -0.3 is 9.47 Å². The van der Waals surface area contributed by atoms with Crippen LogP contribution < -0.4 is 9.47 Å². The van der Waals surface area contributed by atoms with E-state index in [1.54, 1.807) is 24.1 Å². The average Bonchev–Trinajstić information content (AvgIpc) is 3.13. The first-order valence-electron chi connectivity index (χ1n) is 10.7. The molecule has 1 heterocycles. The van der Waals surface area contributed by atoms with Crippen LogP contribution in [0.25, 0.3) is 6.08 Å². The van der Waals surface area contributed by atoms with Crippen molar-refractivity contribution in [2.45, 2.75) is 13.5 Å². The highest BCUT2D eigenvalue weighted by atomic mass is 79.9. The van der Waals surface area contributed by atoms with Crippen molar-refractivity contribution in [3.63, 3.8) is 0 Å². The predicted molar refractivity (Wildman–Crippen MR) is 148 cm³/mol. The maximum Gasteiger partial charge on any atom is 0.266 e. The zero-order chi connectivity index (χ0) is 24.9. The molecule has 1 aliphatic heterocycles. The van der Waals surface area contributed by atoms with Crippen LogP contribution in [0.5, 0.6) is 11.5 Å². The lowest BCUT2D eigenvalue weighted by atomic mass is 10.2. The number of methoxy groups -OCH3 is 1. The van der Waals surface area contributed by atoms with E-state index in [0.717, 1.165) is 27.0 Å². The molecular formula is C26H21BrCl2N2O3S. The minimum absolute atomic E-state index is 0.0707. The van der Waals surface area contributed by atoms with Crippen LogP contribution in [0.3, 0.4) is 0 Å². The number of amides is 1. The number of likely N-dealkylation sites (N-methyl/N-ethyl adjacent to an activating group) is 1. The Morgan fingerprint density at radius 3 is 2.51 bits per heavy atom. The average molecular weight is 592 g/mol. The summed E-state index contributed by atoms with van der Waals surface area (Å²) in [6.45, 7) is 2.77. The normalized spacial score (nSPS) is 15.8. The van der Waals surface area contributed by atoms with E-state index in [-0.39, 0.29) is 5.91 Å². The van der Waals surface area contributed by atoms with E-state index in [4.69, 9.17) is 32.7 Å². The molecule has 1 amide bonds. The Balaban J connectivity index is 1.50. The maximum absolute atomic E-state index is 13.0. The van der Waals surface area contributed by atoms with Gasteiger partial charge in [0.1, 0.15) is 18.1 Å². The molecule has 0 unspecified atom stereocenters. The summed E-state index contributed by atoms with van der Waals surface area (Å²) in [7, 11) is 1.62. The Kier molecular flexibility index (Phi) is 8.44. The Morgan fingerprint density at radius 1 is 1.09 bits per heavy atom. The molecule has 9 heteroatoms. The molecule has 0 aromatic heterocycles. The zero-order valence-electron chi connectivity index (χ0n) is 18.9. The van der Waals surface area contributed by atoms with E-state index >= 15 is 0 Å². The fourth-order valence-electron chi connectivity index (χ4n) is 3.31. The number of nitrogens with zero attached hydrogens (tertiary/aromatic N) is 2. The Morgan fingerprint density at radius 2 is 1.86 bits per heavy atom. The van der Waals surface area contributed by atoms with Crippen molar-refractivity contribution >= 4 is 73.7 Å². The molecule has 1 saturated heterocycles. The molecule has 0 atom stereocenters. The monoisotopic (exact) mass is 590 g/mol. The van der Waals surface area contributed by atoms with Crippen LogP contribution in [0.2, 0.25) is 10.0 Å². The van der Waals surface area contributed by atoms with Crippen molar-refractivity contribution in [3.05, 3.63) is 91.2 Å². The fourth-order valence-corrected chi connectivity index (χ4v) is 5.34. The minimum Gasteiger partial charge on any atom is -0.497 e. The van der Waals surface area contributed by atoms with E-state index in [2.05, 4.69) is 20.9 Å². The number of hydrogen-bond donors (Lipinski definition) is 0. The molecule has 0 spiro atoms. The predicted octanol–water partition coefficient (Wildman–Crippen LogP) is 7.97. The number of benzene rings is 3. The van der Waals surface area contributed by atoms with Crippen LogP contribution in [0.4, 0.5) is 5.69 Å². The number of carbonyl (C=O) groups excluding carboxylic acids is 1. The van der Waals surface area contributed by atoms with Gasteiger partial charge in [0, 0.05) is 22.2 Å². The molecule has 1 aliphatic rings. The Hall–Kier alpha value is -2.45. The number of ether oxygens (including phenoxy) is 2. The zero-order valence-corrected chi connectivity index (χ0v) is 22.8. The molecular weight excluding hydrogens is 571 g/mol. The number of carbonyl (C=O) groups is 1. The third kappa shape index (κ3) is 6.22. The Bertz CT molecular complexity index is 1310. The SMILES string of the molecule is CCN1C(=O)/C(=C\c2ccc(OCc3ccc(Cl)cc3Cl)c(Br)c2)SC1=Nc1ccc(OC)cc1. The molecule has 0 radical (unpaired) electrons. The number of hydrogen-bond acceptors (Lipinski definition) is 5. The highest BCUT2D eigenvalue weighted by molar-refractivity contribution is 9.10. The molecule has 0 aliphatic carbocycles. The lowest BCUT2D eigenvalue weighted by molar-refractivity contribution is -0.122. The van der Waals surface area contributed by atoms with Crippen molar-refractivity contribution in [2.75, 3.05) is 13.7 Å². The number of amidine groups is 1. The second-order valence-corrected chi connectivity index (χ2v) is 10.2. The summed E-state index contributed by atoms with van der Waals surface area (Å²) < 4.78 is 11.9. The van der Waals surface area contributed by atoms with E-state index in [1.165, 1.54) is 11.8 Å². The second-order valence-electron chi connectivity index (χ2n) is 7.47. The second kappa shape index (κ2) is 11.5. The van der Waals surface area contributed by atoms with Crippen molar-refractivity contribution in [1.29, 1.82) is 0 Å². The lowest BCUT2D eigenvalue weighted by Crippen LogP contribution is -2.28. The van der Waals surface area contributed by atoms with Crippen molar-refractivity contribution < 1.29 is 14.3 Å². The first-order chi connectivity index (χ1) is 16.9. The number of rotatable bonds is 7. The molecule has 4 rings (SSSR count). The van der Waals surface area contributed by atoms with Gasteiger partial charge in [0.15, 0.2) is 5.17 Å². The summed E-state index contributed by atoms with van der Waals surface area (Å²) in [4.78, 5) is 19.9. The third-order valence-electron chi connectivity index (χ3n) is 5.15. The quantitative estimate of drug-likeness (QED) is 0.261. The lowest BCUT2D eigenvalue weighted by Gasteiger charge is -2.12. The van der Waals surface area contributed by atoms with Gasteiger partial charge in [-0.15, -0.1) is 0 Å². The molecule has 35 heavy (non-hydrogen) atoms. The molecule has 1 fully saturated rings. The highest BCUT2D eigenvalue weighted by Crippen LogP contribution is 2.36. The van der Waals surface area contributed by atoms with E-state index in [1.807, 2.05) is 61.5 Å². The number of aliphatic imine (C=N–C) groups is 1. The summed E-state index contributed by atoms with van der Waals surface area (Å²) in [5.74, 6) is 1.35. The van der Waals surface area contributed by atoms with Gasteiger partial charge >= 0.3 is 0 Å². The van der Waals surface area contributed by atoms with Gasteiger partial charge in [0.2, 0.25) is 0 Å². The smallest absolute Gasteiger partial charge is 0.266 e. The van der Waals surface area contributed by atoms with Crippen molar-refractivity contribution in [1.82, 2.24) is 4.90 Å². The van der Waals surface area contributed by atoms with E-state index in [9.17, 15) is 4.79 Å².